The lowest BCUT2D eigenvalue weighted by atomic mass is 9.98. The number of carbonyl (C=O) groups excluding carboxylic acids is 1. The zero-order valence-electron chi connectivity index (χ0n) is 6.54. The first-order valence-electron chi connectivity index (χ1n) is 3.20. The van der Waals surface area contributed by atoms with Gasteiger partial charge < -0.3 is 15.6 Å². The lowest BCUT2D eigenvalue weighted by molar-refractivity contribution is -0.148. The SMILES string of the molecule is C=CC[C@](N)(CO)C(=O)OC. The second-order valence-corrected chi connectivity index (χ2v) is 2.30. The van der Waals surface area contributed by atoms with Gasteiger partial charge in [-0.3, -0.25) is 0 Å². The fourth-order valence-corrected chi connectivity index (χ4v) is 0.673. The molecule has 0 amide bonds. The summed E-state index contributed by atoms with van der Waals surface area (Å²) in [5, 5.41) is 8.74. The summed E-state index contributed by atoms with van der Waals surface area (Å²) in [6.45, 7) is 2.97. The van der Waals surface area contributed by atoms with Gasteiger partial charge in [-0.2, -0.15) is 0 Å². The molecule has 3 N–H and O–H groups in total. The van der Waals surface area contributed by atoms with Gasteiger partial charge >= 0.3 is 5.97 Å². The average molecular weight is 159 g/mol. The molecule has 0 aliphatic carbocycles. The number of aliphatic hydroxyl groups is 1. The molecule has 0 heterocycles. The van der Waals surface area contributed by atoms with Crippen LogP contribution in [0.15, 0.2) is 12.7 Å². The molecule has 1 atom stereocenters. The molecule has 4 nitrogen and oxygen atoms in total. The summed E-state index contributed by atoms with van der Waals surface area (Å²) in [5.74, 6) is -0.625. The van der Waals surface area contributed by atoms with Crippen LogP contribution < -0.4 is 5.73 Å². The fraction of sp³-hybridized carbons (Fsp3) is 0.571. The smallest absolute Gasteiger partial charge is 0.328 e. The van der Waals surface area contributed by atoms with E-state index in [9.17, 15) is 4.79 Å². The van der Waals surface area contributed by atoms with Crippen LogP contribution in [-0.4, -0.2) is 30.3 Å². The summed E-state index contributed by atoms with van der Waals surface area (Å²) in [5.41, 5.74) is 4.14. The van der Waals surface area contributed by atoms with Gasteiger partial charge in [0.15, 0.2) is 0 Å². The number of methoxy groups -OCH3 is 1. The van der Waals surface area contributed by atoms with Gasteiger partial charge in [-0.1, -0.05) is 6.08 Å². The van der Waals surface area contributed by atoms with Gasteiger partial charge in [-0.25, -0.2) is 4.79 Å². The van der Waals surface area contributed by atoms with Gasteiger partial charge in [-0.05, 0) is 6.42 Å². The van der Waals surface area contributed by atoms with Crippen molar-refractivity contribution < 1.29 is 14.6 Å². The predicted octanol–water partition coefficient (Wildman–Crippen LogP) is -0.575. The molecule has 0 aromatic heterocycles. The zero-order valence-corrected chi connectivity index (χ0v) is 6.54. The third kappa shape index (κ3) is 2.32. The highest BCUT2D eigenvalue weighted by Gasteiger charge is 2.32. The molecule has 0 unspecified atom stereocenters. The van der Waals surface area contributed by atoms with Crippen LogP contribution >= 0.6 is 0 Å². The summed E-state index contributed by atoms with van der Waals surface area (Å²) in [6, 6.07) is 0. The minimum atomic E-state index is -1.32. The Kier molecular flexibility index (Phi) is 3.78. The van der Waals surface area contributed by atoms with Crippen molar-refractivity contribution in [3.8, 4) is 0 Å². The fourth-order valence-electron chi connectivity index (χ4n) is 0.673. The number of rotatable bonds is 4. The van der Waals surface area contributed by atoms with Crippen LogP contribution in [0.4, 0.5) is 0 Å². The number of hydrogen-bond acceptors (Lipinski definition) is 4. The molecule has 0 saturated heterocycles. The molecule has 0 radical (unpaired) electrons. The number of nitrogens with two attached hydrogens (primary N) is 1. The van der Waals surface area contributed by atoms with Crippen LogP contribution in [0.3, 0.4) is 0 Å². The first-order chi connectivity index (χ1) is 5.10. The van der Waals surface area contributed by atoms with E-state index in [1.807, 2.05) is 0 Å². The number of aliphatic hydroxyl groups excluding tert-OH is 1. The maximum absolute atomic E-state index is 10.9. The molecule has 0 fully saturated rings. The van der Waals surface area contributed by atoms with Gasteiger partial charge in [0.1, 0.15) is 5.54 Å². The van der Waals surface area contributed by atoms with Gasteiger partial charge in [0.25, 0.3) is 0 Å². The standard InChI is InChI=1S/C7H13NO3/c1-3-4-7(8,5-9)6(10)11-2/h3,9H,1,4-5,8H2,2H3/t7-/m0/s1. The van der Waals surface area contributed by atoms with E-state index in [2.05, 4.69) is 11.3 Å². The Balaban J connectivity index is 4.31. The van der Waals surface area contributed by atoms with Crippen molar-refractivity contribution in [2.24, 2.45) is 5.73 Å². The van der Waals surface area contributed by atoms with E-state index >= 15 is 0 Å². The molecule has 0 spiro atoms. The molecular formula is C7H13NO3. The molecule has 0 aliphatic rings. The molecule has 11 heavy (non-hydrogen) atoms. The molecule has 0 saturated carbocycles. The van der Waals surface area contributed by atoms with Crippen LogP contribution in [0, 0.1) is 0 Å². The molecule has 4 heteroatoms. The molecule has 0 rings (SSSR count). The maximum atomic E-state index is 10.9. The highest BCUT2D eigenvalue weighted by Crippen LogP contribution is 2.07. The number of carbonyl (C=O) groups is 1. The largest absolute Gasteiger partial charge is 0.468 e. The third-order valence-corrected chi connectivity index (χ3v) is 1.38. The first-order valence-corrected chi connectivity index (χ1v) is 3.20. The lowest BCUT2D eigenvalue weighted by Crippen LogP contribution is -2.51. The van der Waals surface area contributed by atoms with Crippen molar-refractivity contribution in [1.82, 2.24) is 0 Å². The Hall–Kier alpha value is -0.870. The summed E-state index contributed by atoms with van der Waals surface area (Å²) in [4.78, 5) is 10.9. The summed E-state index contributed by atoms with van der Waals surface area (Å²) in [6.07, 6.45) is 1.67. The van der Waals surface area contributed by atoms with E-state index in [1.54, 1.807) is 0 Å². The normalized spacial score (nSPS) is 15.2. The van der Waals surface area contributed by atoms with E-state index in [0.717, 1.165) is 0 Å². The minimum Gasteiger partial charge on any atom is -0.468 e. The Morgan fingerprint density at radius 2 is 2.45 bits per heavy atom. The van der Waals surface area contributed by atoms with E-state index in [0.29, 0.717) is 0 Å². The minimum absolute atomic E-state index is 0.205. The van der Waals surface area contributed by atoms with Gasteiger partial charge in [0.2, 0.25) is 0 Å². The number of ether oxygens (including phenoxy) is 1. The van der Waals surface area contributed by atoms with Crippen LogP contribution in [0.2, 0.25) is 0 Å². The topological polar surface area (TPSA) is 72.5 Å². The van der Waals surface area contributed by atoms with Crippen molar-refractivity contribution in [3.05, 3.63) is 12.7 Å². The zero-order chi connectivity index (χ0) is 8.91. The highest BCUT2D eigenvalue weighted by molar-refractivity contribution is 5.80. The highest BCUT2D eigenvalue weighted by atomic mass is 16.5. The van der Waals surface area contributed by atoms with Crippen LogP contribution in [0.1, 0.15) is 6.42 Å². The Morgan fingerprint density at radius 1 is 1.91 bits per heavy atom. The van der Waals surface area contributed by atoms with E-state index in [1.165, 1.54) is 13.2 Å². The molecule has 64 valence electrons. The van der Waals surface area contributed by atoms with Gasteiger partial charge in [0, 0.05) is 0 Å². The van der Waals surface area contributed by atoms with Crippen LogP contribution in [-0.2, 0) is 9.53 Å². The monoisotopic (exact) mass is 159 g/mol. The average Bonchev–Trinajstić information content (AvgIpc) is 2.03. The van der Waals surface area contributed by atoms with Crippen molar-refractivity contribution in [3.63, 3.8) is 0 Å². The van der Waals surface area contributed by atoms with Crippen LogP contribution in [0.5, 0.6) is 0 Å². The van der Waals surface area contributed by atoms with Crippen molar-refractivity contribution in [2.45, 2.75) is 12.0 Å². The van der Waals surface area contributed by atoms with Crippen molar-refractivity contribution >= 4 is 5.97 Å². The second-order valence-electron chi connectivity index (χ2n) is 2.30. The quantitative estimate of drug-likeness (QED) is 0.425. The molecule has 0 aromatic rings. The molecule has 0 aliphatic heterocycles. The van der Waals surface area contributed by atoms with Crippen molar-refractivity contribution in [2.75, 3.05) is 13.7 Å². The predicted molar refractivity (Wildman–Crippen MR) is 40.8 cm³/mol. The first kappa shape index (κ1) is 10.1. The summed E-state index contributed by atoms with van der Waals surface area (Å²) < 4.78 is 4.39. The van der Waals surface area contributed by atoms with E-state index < -0.39 is 18.1 Å². The number of hydrogen-bond donors (Lipinski definition) is 2. The lowest BCUT2D eigenvalue weighted by Gasteiger charge is -2.21. The molecule has 0 aromatic carbocycles. The number of esters is 1. The van der Waals surface area contributed by atoms with Gasteiger partial charge in [-0.15, -0.1) is 6.58 Å². The van der Waals surface area contributed by atoms with E-state index in [-0.39, 0.29) is 6.42 Å². The Labute approximate surface area is 65.6 Å². The summed E-state index contributed by atoms with van der Waals surface area (Å²) >= 11 is 0. The summed E-state index contributed by atoms with van der Waals surface area (Å²) in [7, 11) is 1.22. The second kappa shape index (κ2) is 4.10. The molecular weight excluding hydrogens is 146 g/mol. The molecule has 0 bridgehead atoms. The third-order valence-electron chi connectivity index (χ3n) is 1.38. The maximum Gasteiger partial charge on any atom is 0.328 e. The van der Waals surface area contributed by atoms with Crippen molar-refractivity contribution in [1.29, 1.82) is 0 Å². The van der Waals surface area contributed by atoms with Gasteiger partial charge in [0.05, 0.1) is 13.7 Å². The van der Waals surface area contributed by atoms with Crippen LogP contribution in [0.25, 0.3) is 0 Å². The Morgan fingerprint density at radius 3 is 2.73 bits per heavy atom. The van der Waals surface area contributed by atoms with E-state index in [4.69, 9.17) is 10.8 Å². The Bertz CT molecular complexity index is 158.